The highest BCUT2D eigenvalue weighted by atomic mass is 16.6. The third-order valence-electron chi connectivity index (χ3n) is 7.04. The van der Waals surface area contributed by atoms with Crippen molar-refractivity contribution in [3.8, 4) is 11.1 Å². The van der Waals surface area contributed by atoms with Crippen LogP contribution >= 0.6 is 0 Å². The zero-order chi connectivity index (χ0) is 20.7. The van der Waals surface area contributed by atoms with Gasteiger partial charge in [-0.25, -0.2) is 4.79 Å². The number of rotatable bonds is 3. The van der Waals surface area contributed by atoms with Crippen LogP contribution in [-0.2, 0) is 14.3 Å². The van der Waals surface area contributed by atoms with Crippen molar-refractivity contribution in [2.24, 2.45) is 5.92 Å². The Morgan fingerprint density at radius 1 is 1.03 bits per heavy atom. The van der Waals surface area contributed by atoms with Crippen molar-refractivity contribution in [1.29, 1.82) is 0 Å². The predicted octanol–water partition coefficient (Wildman–Crippen LogP) is 3.89. The number of benzene rings is 2. The molecule has 0 aromatic heterocycles. The Kier molecular flexibility index (Phi) is 4.74. The molecule has 1 aliphatic carbocycles. The second kappa shape index (κ2) is 7.43. The molecule has 1 amide bonds. The van der Waals surface area contributed by atoms with E-state index in [4.69, 9.17) is 9.47 Å². The summed E-state index contributed by atoms with van der Waals surface area (Å²) < 4.78 is 11.3. The van der Waals surface area contributed by atoms with Crippen molar-refractivity contribution in [3.05, 3.63) is 59.7 Å². The average molecular weight is 407 g/mol. The average Bonchev–Trinajstić information content (AvgIpc) is 3.29. The fourth-order valence-electron chi connectivity index (χ4n) is 5.58. The fraction of sp³-hybridized carbons (Fsp3) is 0.417. The Morgan fingerprint density at radius 3 is 2.23 bits per heavy atom. The van der Waals surface area contributed by atoms with Gasteiger partial charge in [-0.3, -0.25) is 4.79 Å². The van der Waals surface area contributed by atoms with Crippen molar-refractivity contribution in [2.45, 2.75) is 30.7 Å². The number of fused-ring (bicyclic) bond motifs is 3. The molecule has 1 N–H and O–H groups in total. The maximum atomic E-state index is 13.1. The van der Waals surface area contributed by atoms with Crippen LogP contribution in [0, 0.1) is 5.92 Å². The van der Waals surface area contributed by atoms with Crippen molar-refractivity contribution < 1.29 is 24.2 Å². The summed E-state index contributed by atoms with van der Waals surface area (Å²) in [7, 11) is 0. The number of ether oxygens (including phenoxy) is 2. The van der Waals surface area contributed by atoms with Crippen LogP contribution in [0.5, 0.6) is 0 Å². The summed E-state index contributed by atoms with van der Waals surface area (Å²) in [6.45, 7) is 1.59. The molecule has 6 nitrogen and oxygen atoms in total. The van der Waals surface area contributed by atoms with E-state index < -0.39 is 23.5 Å². The number of carboxylic acids is 1. The largest absolute Gasteiger partial charge is 0.481 e. The number of carbonyl (C=O) groups excluding carboxylic acids is 1. The predicted molar refractivity (Wildman–Crippen MR) is 110 cm³/mol. The van der Waals surface area contributed by atoms with Crippen molar-refractivity contribution in [3.63, 3.8) is 0 Å². The van der Waals surface area contributed by atoms with Gasteiger partial charge in [0.1, 0.15) is 6.61 Å². The number of likely N-dealkylation sites (tertiary alicyclic amines) is 1. The van der Waals surface area contributed by atoms with Gasteiger partial charge in [0.05, 0.1) is 11.5 Å². The van der Waals surface area contributed by atoms with E-state index in [2.05, 4.69) is 24.3 Å². The minimum absolute atomic E-state index is 0.00939. The van der Waals surface area contributed by atoms with Gasteiger partial charge in [-0.1, -0.05) is 48.5 Å². The lowest BCUT2D eigenvalue weighted by Crippen LogP contribution is -2.55. The summed E-state index contributed by atoms with van der Waals surface area (Å²) in [5.74, 6) is -1.42. The standard InChI is InChI=1S/C24H25NO5/c26-22(27)21-9-12-25(24(21)10-13-29-14-11-24)23(28)30-15-20-18-7-3-1-5-16(18)17-6-2-4-8-19(17)20/h1-8,20-21H,9-15H2,(H,26,27). The molecule has 5 rings (SSSR count). The first kappa shape index (κ1) is 19.1. The molecule has 156 valence electrons. The Balaban J connectivity index is 1.37. The van der Waals surface area contributed by atoms with E-state index in [1.165, 1.54) is 11.1 Å². The number of carbonyl (C=O) groups is 2. The Hall–Kier alpha value is -2.86. The first-order valence-corrected chi connectivity index (χ1v) is 10.5. The van der Waals surface area contributed by atoms with Crippen molar-refractivity contribution >= 4 is 12.1 Å². The summed E-state index contributed by atoms with van der Waals surface area (Å²) in [6, 6.07) is 16.4. The smallest absolute Gasteiger partial charge is 0.410 e. The molecule has 0 saturated carbocycles. The SMILES string of the molecule is O=C(O)C1CCN(C(=O)OCC2c3ccccc3-c3ccccc32)C12CCOCC2. The Bertz CT molecular complexity index is 936. The van der Waals surface area contributed by atoms with Gasteiger partial charge in [0.15, 0.2) is 0 Å². The van der Waals surface area contributed by atoms with E-state index in [1.54, 1.807) is 4.90 Å². The van der Waals surface area contributed by atoms with Gasteiger partial charge in [-0.05, 0) is 41.5 Å². The number of hydrogen-bond acceptors (Lipinski definition) is 4. The third-order valence-corrected chi connectivity index (χ3v) is 7.04. The van der Waals surface area contributed by atoms with Gasteiger partial charge in [0, 0.05) is 25.7 Å². The normalized spacial score (nSPS) is 22.0. The topological polar surface area (TPSA) is 76.1 Å². The monoisotopic (exact) mass is 407 g/mol. The van der Waals surface area contributed by atoms with Gasteiger partial charge in [-0.15, -0.1) is 0 Å². The fourth-order valence-corrected chi connectivity index (χ4v) is 5.58. The maximum Gasteiger partial charge on any atom is 0.410 e. The van der Waals surface area contributed by atoms with Gasteiger partial charge in [-0.2, -0.15) is 0 Å². The minimum Gasteiger partial charge on any atom is -0.481 e. The lowest BCUT2D eigenvalue weighted by molar-refractivity contribution is -0.147. The number of nitrogens with zero attached hydrogens (tertiary/aromatic N) is 1. The molecule has 2 heterocycles. The lowest BCUT2D eigenvalue weighted by Gasteiger charge is -2.43. The molecule has 3 aliphatic rings. The zero-order valence-corrected chi connectivity index (χ0v) is 16.8. The molecule has 6 heteroatoms. The number of aliphatic carboxylic acids is 1. The van der Waals surface area contributed by atoms with Crippen LogP contribution in [0.2, 0.25) is 0 Å². The molecule has 2 aromatic rings. The van der Waals surface area contributed by atoms with Gasteiger partial charge >= 0.3 is 12.1 Å². The van der Waals surface area contributed by atoms with Gasteiger partial charge in [0.2, 0.25) is 0 Å². The molecule has 0 radical (unpaired) electrons. The van der Waals surface area contributed by atoms with E-state index >= 15 is 0 Å². The van der Waals surface area contributed by atoms with Crippen molar-refractivity contribution in [2.75, 3.05) is 26.4 Å². The second-order valence-corrected chi connectivity index (χ2v) is 8.35. The number of amides is 1. The molecule has 2 fully saturated rings. The van der Waals surface area contributed by atoms with Crippen molar-refractivity contribution in [1.82, 2.24) is 4.90 Å². The van der Waals surface area contributed by atoms with Crippen LogP contribution in [0.3, 0.4) is 0 Å². The van der Waals surface area contributed by atoms with E-state index in [1.807, 2.05) is 24.3 Å². The molecule has 1 unspecified atom stereocenters. The zero-order valence-electron chi connectivity index (χ0n) is 16.8. The van der Waals surface area contributed by atoms with E-state index in [0.717, 1.165) is 11.1 Å². The number of hydrogen-bond donors (Lipinski definition) is 1. The summed E-state index contributed by atoms with van der Waals surface area (Å²) in [5, 5.41) is 9.73. The highest BCUT2D eigenvalue weighted by Gasteiger charge is 2.55. The molecular formula is C24H25NO5. The maximum absolute atomic E-state index is 13.1. The summed E-state index contributed by atoms with van der Waals surface area (Å²) in [6.07, 6.45) is 1.12. The first-order chi connectivity index (χ1) is 14.6. The minimum atomic E-state index is -0.842. The highest BCUT2D eigenvalue weighted by Crippen LogP contribution is 2.46. The van der Waals surface area contributed by atoms with Crippen LogP contribution < -0.4 is 0 Å². The molecule has 0 bridgehead atoms. The third kappa shape index (κ3) is 2.89. The molecule has 1 atom stereocenters. The molecule has 2 aliphatic heterocycles. The molecular weight excluding hydrogens is 382 g/mol. The summed E-state index contributed by atoms with van der Waals surface area (Å²) >= 11 is 0. The van der Waals surface area contributed by atoms with Crippen LogP contribution in [0.4, 0.5) is 4.79 Å². The first-order valence-electron chi connectivity index (χ1n) is 10.5. The summed E-state index contributed by atoms with van der Waals surface area (Å²) in [4.78, 5) is 26.7. The lowest BCUT2D eigenvalue weighted by atomic mass is 9.78. The quantitative estimate of drug-likeness (QED) is 0.835. The Labute approximate surface area is 175 Å². The molecule has 2 aromatic carbocycles. The van der Waals surface area contributed by atoms with E-state index in [-0.39, 0.29) is 12.5 Å². The highest BCUT2D eigenvalue weighted by molar-refractivity contribution is 5.79. The van der Waals surface area contributed by atoms with Crippen LogP contribution in [-0.4, -0.2) is 54.0 Å². The van der Waals surface area contributed by atoms with Crippen LogP contribution in [0.1, 0.15) is 36.3 Å². The van der Waals surface area contributed by atoms with Crippen LogP contribution in [0.25, 0.3) is 11.1 Å². The van der Waals surface area contributed by atoms with Crippen LogP contribution in [0.15, 0.2) is 48.5 Å². The van der Waals surface area contributed by atoms with Gasteiger partial charge in [0.25, 0.3) is 0 Å². The number of carboxylic acid groups (broad SMARTS) is 1. The second-order valence-electron chi connectivity index (χ2n) is 8.35. The molecule has 2 saturated heterocycles. The van der Waals surface area contributed by atoms with E-state index in [9.17, 15) is 14.7 Å². The molecule has 1 spiro atoms. The van der Waals surface area contributed by atoms with Gasteiger partial charge < -0.3 is 19.5 Å². The molecule has 30 heavy (non-hydrogen) atoms. The Morgan fingerprint density at radius 2 is 1.63 bits per heavy atom. The summed E-state index contributed by atoms with van der Waals surface area (Å²) in [5.41, 5.74) is 3.99. The van der Waals surface area contributed by atoms with E-state index in [0.29, 0.717) is 39.0 Å².